The Hall–Kier alpha value is -9.78. The number of esters is 1. The number of ether oxygens (including phenoxy) is 1. The summed E-state index contributed by atoms with van der Waals surface area (Å²) in [6.45, 7) is 39.0. The molecule has 1 unspecified atom stereocenters. The second-order valence-electron chi connectivity index (χ2n) is 35.9. The van der Waals surface area contributed by atoms with Crippen LogP contribution in [0.2, 0.25) is 5.02 Å². The van der Waals surface area contributed by atoms with Gasteiger partial charge in [0, 0.05) is 65.3 Å². The van der Waals surface area contributed by atoms with Crippen LogP contribution in [0, 0.1) is 54.4 Å². The number of ketones is 1. The van der Waals surface area contributed by atoms with Gasteiger partial charge < -0.3 is 35.2 Å². The number of hydroxylamine groups is 4. The van der Waals surface area contributed by atoms with E-state index < -0.39 is 5.97 Å². The third kappa shape index (κ3) is 30.8. The van der Waals surface area contributed by atoms with Crippen LogP contribution in [-0.4, -0.2) is 148 Å². The molecule has 670 valence electrons. The molecule has 0 aliphatic carbocycles. The van der Waals surface area contributed by atoms with Crippen LogP contribution in [0.25, 0.3) is 33.4 Å². The molecule has 12 rings (SSSR count). The van der Waals surface area contributed by atoms with Gasteiger partial charge in [0.2, 0.25) is 0 Å². The first-order valence-corrected chi connectivity index (χ1v) is 44.6. The van der Waals surface area contributed by atoms with Crippen LogP contribution in [-0.2, 0) is 35.3 Å². The molecule has 7 aromatic carbocycles. The lowest BCUT2D eigenvalue weighted by molar-refractivity contribution is -0.293. The number of carbonyl (C=O) groups excluding carboxylic acids is 4. The summed E-state index contributed by atoms with van der Waals surface area (Å²) in [7, 11) is 0. The average Bonchev–Trinajstić information content (AvgIpc) is 1.73. The zero-order valence-corrected chi connectivity index (χ0v) is 77.2. The van der Waals surface area contributed by atoms with Crippen LogP contribution in [0.5, 0.6) is 23.0 Å². The van der Waals surface area contributed by atoms with E-state index in [0.29, 0.717) is 63.8 Å². The number of unbranched alkanes of at least 4 members (excludes halogenated alkanes) is 15. The van der Waals surface area contributed by atoms with Gasteiger partial charge in [0.25, 0.3) is 5.91 Å². The first-order valence-electron chi connectivity index (χ1n) is 44.2. The van der Waals surface area contributed by atoms with Gasteiger partial charge >= 0.3 is 18.0 Å². The molecule has 123 heavy (non-hydrogen) atoms. The Balaban J connectivity index is 0.000000232. The second-order valence-corrected chi connectivity index (χ2v) is 36.3. The molecule has 3 saturated heterocycles. The number of carboxylic acids is 1. The Labute approximate surface area is 735 Å². The molecule has 24 heteroatoms. The summed E-state index contributed by atoms with van der Waals surface area (Å²) >= 11 is 5.93. The monoisotopic (exact) mass is 1710 g/mol. The number of piperidine rings is 2. The van der Waals surface area contributed by atoms with Crippen molar-refractivity contribution in [2.45, 2.75) is 320 Å². The summed E-state index contributed by atoms with van der Waals surface area (Å²) in [6, 6.07) is 39.5. The minimum absolute atomic E-state index is 0.0663. The van der Waals surface area contributed by atoms with Crippen LogP contribution in [0.15, 0.2) is 133 Å². The maximum absolute atomic E-state index is 13.3. The van der Waals surface area contributed by atoms with E-state index in [4.69, 9.17) is 41.3 Å². The zero-order valence-electron chi connectivity index (χ0n) is 76.4. The molecule has 3 amide bonds. The number of fused-ring (bicyclic) bond motifs is 2. The van der Waals surface area contributed by atoms with Crippen molar-refractivity contribution < 1.29 is 63.9 Å². The number of aryl methyl sites for hydroxylation is 7. The molecule has 5 heterocycles. The van der Waals surface area contributed by atoms with E-state index in [1.165, 1.54) is 78.7 Å². The molecule has 23 nitrogen and oxygen atoms in total. The fraction of sp³-hybridized carbons (Fsp3) is 0.525. The molecule has 0 spiro atoms. The van der Waals surface area contributed by atoms with Crippen molar-refractivity contribution in [3.05, 3.63) is 189 Å². The highest BCUT2D eigenvalue weighted by molar-refractivity contribution is 6.31. The normalized spacial score (nSPS) is 16.0. The quantitative estimate of drug-likeness (QED) is 0.00988. The number of urea groups is 1. The van der Waals surface area contributed by atoms with E-state index in [-0.39, 0.29) is 81.1 Å². The van der Waals surface area contributed by atoms with Gasteiger partial charge in [-0.2, -0.15) is 10.1 Å². The van der Waals surface area contributed by atoms with Gasteiger partial charge in [0.15, 0.2) is 0 Å². The Morgan fingerprint density at radius 2 is 0.886 bits per heavy atom. The van der Waals surface area contributed by atoms with Crippen molar-refractivity contribution >= 4 is 63.3 Å². The third-order valence-electron chi connectivity index (χ3n) is 22.7. The lowest BCUT2D eigenvalue weighted by atomic mass is 9.73. The fourth-order valence-electron chi connectivity index (χ4n) is 16.6. The lowest BCUT2D eigenvalue weighted by Gasteiger charge is -2.53. The van der Waals surface area contributed by atoms with E-state index in [0.717, 1.165) is 140 Å². The molecule has 6 N–H and O–H groups in total. The third-order valence-corrected chi connectivity index (χ3v) is 23.0. The van der Waals surface area contributed by atoms with Crippen LogP contribution < -0.4 is 5.32 Å². The second kappa shape index (κ2) is 47.9. The van der Waals surface area contributed by atoms with Crippen molar-refractivity contribution in [3.8, 4) is 34.4 Å². The van der Waals surface area contributed by atoms with Gasteiger partial charge in [-0.1, -0.05) is 188 Å². The molecule has 9 aromatic rings. The van der Waals surface area contributed by atoms with Crippen LogP contribution in [0.3, 0.4) is 0 Å². The van der Waals surface area contributed by atoms with Crippen LogP contribution in [0.1, 0.15) is 285 Å². The van der Waals surface area contributed by atoms with E-state index in [2.05, 4.69) is 105 Å². The van der Waals surface area contributed by atoms with Gasteiger partial charge in [-0.05, 0) is 254 Å². The number of benzene rings is 7. The van der Waals surface area contributed by atoms with Crippen LogP contribution >= 0.6 is 11.6 Å². The number of nitrogens with zero attached hydrogens (tertiary/aromatic N) is 9. The number of imide groups is 1. The molecule has 3 aliphatic rings. The number of aromatic carboxylic acids is 1. The molecule has 0 saturated carbocycles. The van der Waals surface area contributed by atoms with Gasteiger partial charge in [0.05, 0.1) is 18.8 Å². The number of rotatable bonds is 32. The molecule has 3 fully saturated rings. The number of hydrogen-bond acceptors (Lipinski definition) is 18. The highest BCUT2D eigenvalue weighted by Gasteiger charge is 2.49. The topological polar surface area (TPSA) is 297 Å². The zero-order chi connectivity index (χ0) is 90.4. The number of phenolic OH excluding ortho intramolecular Hbond substituents is 4. The Morgan fingerprint density at radius 1 is 0.472 bits per heavy atom. The van der Waals surface area contributed by atoms with E-state index in [1.807, 2.05) is 113 Å². The molecular weight excluding hydrogens is 1570 g/mol. The summed E-state index contributed by atoms with van der Waals surface area (Å²) in [6.07, 6.45) is 25.6. The van der Waals surface area contributed by atoms with Crippen LogP contribution in [0.4, 0.5) is 4.79 Å². The summed E-state index contributed by atoms with van der Waals surface area (Å²) in [5, 5.41) is 71.8. The number of halogens is 1. The molecule has 1 atom stereocenters. The number of Topliss-reactive ketones (excluding diaryl/α,β-unsaturated/α-hetero) is 1. The fourth-order valence-corrected chi connectivity index (χ4v) is 16.7. The Morgan fingerprint density at radius 3 is 1.33 bits per heavy atom. The Bertz CT molecular complexity index is 4770. The SMILES string of the molecule is CC1C(=O)NC(=O)N1Cc1ccccc1.CCCCCCCCON1C(C)(C)CC(OC(=O)CCCCCCCCC(=O)C2CC(C)(C)N(OCCCCCCCC)C(C)(C)C2)CC1(C)C.Cc1cc(C)c(O)c(-n2nc3ccc(Cl)cc3n2)c1.Cc1cc(C)c(O)c(-n2nc3ccccc3n2)c1.Cc1cc(O)c(C)cc1O.Cc1ccccc1C(=O)O. The summed E-state index contributed by atoms with van der Waals surface area (Å²) in [5.74, 6) is 0.257. The maximum Gasteiger partial charge on any atom is 0.335 e. The number of nitrogens with one attached hydrogen (secondary N) is 1. The average molecular weight is 1710 g/mol. The number of carbonyl (C=O) groups is 5. The molecule has 3 aliphatic heterocycles. The highest BCUT2D eigenvalue weighted by Crippen LogP contribution is 2.44. The van der Waals surface area contributed by atoms with Crippen molar-refractivity contribution in [3.63, 3.8) is 0 Å². The molecule has 2 aromatic heterocycles. The maximum atomic E-state index is 13.3. The van der Waals surface area contributed by atoms with Gasteiger partial charge in [-0.3, -0.25) is 29.4 Å². The predicted octanol–water partition coefficient (Wildman–Crippen LogP) is 22.8. The summed E-state index contributed by atoms with van der Waals surface area (Å²) in [5.41, 5.74) is 10.9. The summed E-state index contributed by atoms with van der Waals surface area (Å²) < 4.78 is 6.03. The minimum atomic E-state index is -0.863. The number of hydrogen-bond donors (Lipinski definition) is 6. The molecule has 0 bridgehead atoms. The lowest BCUT2D eigenvalue weighted by Crippen LogP contribution is -2.62. The highest BCUT2D eigenvalue weighted by atomic mass is 35.5. The van der Waals surface area contributed by atoms with Crippen molar-refractivity contribution in [1.82, 2.24) is 50.3 Å². The van der Waals surface area contributed by atoms with E-state index in [1.54, 1.807) is 76.2 Å². The van der Waals surface area contributed by atoms with E-state index >= 15 is 0 Å². The largest absolute Gasteiger partial charge is 0.508 e. The van der Waals surface area contributed by atoms with Gasteiger partial charge in [0.1, 0.15) is 74.4 Å². The van der Waals surface area contributed by atoms with Crippen molar-refractivity contribution in [1.29, 1.82) is 0 Å². The number of carboxylic acid groups (broad SMARTS) is 1. The first-order chi connectivity index (χ1) is 58.2. The summed E-state index contributed by atoms with van der Waals surface area (Å²) in [4.78, 5) is 76.3. The number of aromatic hydroxyl groups is 4. The number of phenols is 4. The minimum Gasteiger partial charge on any atom is -0.508 e. The van der Waals surface area contributed by atoms with Gasteiger partial charge in [-0.25, -0.2) is 9.59 Å². The molecular formula is C99H139ClN10O13. The van der Waals surface area contributed by atoms with E-state index in [9.17, 15) is 34.2 Å². The molecule has 0 radical (unpaired) electrons. The van der Waals surface area contributed by atoms with Crippen molar-refractivity contribution in [2.24, 2.45) is 5.92 Å². The predicted molar refractivity (Wildman–Crippen MR) is 490 cm³/mol. The first kappa shape index (κ1) is 100. The number of aromatic nitrogens is 6. The number of amides is 3. The van der Waals surface area contributed by atoms with Crippen molar-refractivity contribution in [2.75, 3.05) is 13.2 Å². The Kier molecular flexibility index (Phi) is 39.1. The smallest absolute Gasteiger partial charge is 0.335 e. The van der Waals surface area contributed by atoms with Gasteiger partial charge in [-0.15, -0.1) is 30.0 Å². The standard InChI is InChI=1S/C44H84N2O5.C14H12ClN3O.C14H13N3O.C11H12N2O2.C8H10O2.C8H8O2/c1-11-13-15-17-23-27-31-49-45-41(3,4)33-37(34-42(45,5)6)39(47)29-25-21-19-20-22-26-30-40(48)51-38-35-43(7,8)46(44(9,10)36-38)50-32-28-24-18-16-14-12-2;1-8-5-9(2)14(19)13(6-8)18-16-11-4-3-10(15)7-12(11)17-18;1-9-7-10(2)14(18)13(8-9)17-15-11-5-3-4-6-12(11)16-17;1-8-10(14)12-11(15)13(8)7-9-5-3-2-4-6-9;1-5-3-8(10)6(2)4-7(5)9;1-6-4-2-3-5-7(6)8(9)10/h37-38H,11-36H2,1-10H3;3-7,19H,1-2H3;3-8,18H,1-2H3;2-6,8H,7H2,1H3,(H,12,14,15);3-4,9-10H,1-2H3;2-5H,1H3,(H,9,10).